The van der Waals surface area contributed by atoms with Gasteiger partial charge < -0.3 is 9.47 Å². The Hall–Kier alpha value is -0.360. The van der Waals surface area contributed by atoms with Gasteiger partial charge in [0.25, 0.3) is 0 Å². The molecule has 1 saturated heterocycles. The average molecular weight is 292 g/mol. The number of rotatable bonds is 8. The molecule has 1 heterocycles. The van der Waals surface area contributed by atoms with Crippen LogP contribution in [0.2, 0.25) is 0 Å². The molecule has 1 aliphatic rings. The smallest absolute Gasteiger partial charge is 0.348 e. The van der Waals surface area contributed by atoms with E-state index < -0.39 is 24.1 Å². The van der Waals surface area contributed by atoms with Crippen molar-refractivity contribution >= 4 is 35.5 Å². The summed E-state index contributed by atoms with van der Waals surface area (Å²) < 4.78 is 10.3. The highest BCUT2D eigenvalue weighted by Gasteiger charge is 2.37. The third-order valence-corrected chi connectivity index (χ3v) is 4.36. The third-order valence-electron chi connectivity index (χ3n) is 2.50. The number of thioether (sulfide) groups is 2. The lowest BCUT2D eigenvalue weighted by molar-refractivity contribution is -0.195. The van der Waals surface area contributed by atoms with E-state index in [-0.39, 0.29) is 0 Å². The lowest BCUT2D eigenvalue weighted by Crippen LogP contribution is -2.44. The van der Waals surface area contributed by atoms with E-state index in [1.807, 2.05) is 0 Å². The van der Waals surface area contributed by atoms with Crippen LogP contribution < -0.4 is 0 Å². The topological polar surface area (TPSA) is 52.6 Å². The molecule has 1 aliphatic heterocycles. The molecule has 0 saturated carbocycles. The van der Waals surface area contributed by atoms with Crippen LogP contribution in [-0.2, 0) is 19.1 Å². The minimum Gasteiger partial charge on any atom is -0.448 e. The van der Waals surface area contributed by atoms with Crippen molar-refractivity contribution in [2.45, 2.75) is 38.9 Å². The molecular weight excluding hydrogens is 272 g/mol. The normalized spacial score (nSPS) is 23.7. The van der Waals surface area contributed by atoms with Crippen molar-refractivity contribution in [2.24, 2.45) is 0 Å². The third kappa shape index (κ3) is 5.10. The number of hydrogen-bond acceptors (Lipinski definition) is 6. The zero-order valence-electron chi connectivity index (χ0n) is 10.8. The quantitative estimate of drug-likeness (QED) is 0.504. The Kier molecular flexibility index (Phi) is 7.58. The molecular formula is C12H20O4S2. The van der Waals surface area contributed by atoms with Crippen molar-refractivity contribution in [1.29, 1.82) is 0 Å². The summed E-state index contributed by atoms with van der Waals surface area (Å²) in [7, 11) is 0. The highest BCUT2D eigenvalue weighted by molar-refractivity contribution is 7.99. The summed E-state index contributed by atoms with van der Waals surface area (Å²) in [6.45, 7) is 4.11. The first-order chi connectivity index (χ1) is 8.69. The monoisotopic (exact) mass is 292 g/mol. The summed E-state index contributed by atoms with van der Waals surface area (Å²) in [6.07, 6.45) is -0.322. The van der Waals surface area contributed by atoms with E-state index in [4.69, 9.17) is 9.47 Å². The van der Waals surface area contributed by atoms with Crippen LogP contribution in [0.1, 0.15) is 26.7 Å². The summed E-state index contributed by atoms with van der Waals surface area (Å²) in [5.74, 6) is 2.81. The van der Waals surface area contributed by atoms with Crippen LogP contribution in [-0.4, -0.2) is 47.2 Å². The molecule has 6 heteroatoms. The van der Waals surface area contributed by atoms with E-state index in [2.05, 4.69) is 13.8 Å². The van der Waals surface area contributed by atoms with Gasteiger partial charge in [-0.1, -0.05) is 13.8 Å². The fourth-order valence-corrected chi connectivity index (χ4v) is 2.89. The maximum atomic E-state index is 11.7. The zero-order valence-corrected chi connectivity index (χ0v) is 12.5. The summed E-state index contributed by atoms with van der Waals surface area (Å²) in [4.78, 5) is 23.3. The van der Waals surface area contributed by atoms with Gasteiger partial charge >= 0.3 is 11.9 Å². The lowest BCUT2D eigenvalue weighted by atomic mass is 10.2. The highest BCUT2D eigenvalue weighted by atomic mass is 32.2. The van der Waals surface area contributed by atoms with Crippen molar-refractivity contribution in [1.82, 2.24) is 0 Å². The van der Waals surface area contributed by atoms with Crippen LogP contribution in [0.3, 0.4) is 0 Å². The Morgan fingerprint density at radius 1 is 0.889 bits per heavy atom. The maximum absolute atomic E-state index is 11.7. The molecule has 0 aromatic heterocycles. The van der Waals surface area contributed by atoms with Gasteiger partial charge in [0.15, 0.2) is 12.2 Å². The van der Waals surface area contributed by atoms with Crippen LogP contribution in [0, 0.1) is 0 Å². The molecule has 0 spiro atoms. The summed E-state index contributed by atoms with van der Waals surface area (Å²) in [5, 5.41) is 0. The Labute approximate surface area is 117 Å². The van der Waals surface area contributed by atoms with E-state index in [1.165, 1.54) is 0 Å². The second-order valence-corrected chi connectivity index (χ2v) is 6.61. The molecule has 4 nitrogen and oxygen atoms in total. The van der Waals surface area contributed by atoms with Crippen LogP contribution >= 0.6 is 23.5 Å². The molecule has 2 atom stereocenters. The number of hydrogen-bond donors (Lipinski definition) is 0. The molecule has 0 N–H and O–H groups in total. The highest BCUT2D eigenvalue weighted by Crippen LogP contribution is 2.19. The maximum Gasteiger partial charge on any atom is 0.348 e. The number of carbonyl (C=O) groups is 2. The molecule has 1 rings (SSSR count). The van der Waals surface area contributed by atoms with Gasteiger partial charge in [0, 0.05) is 12.8 Å². The fraction of sp³-hybridized carbons (Fsp3) is 0.833. The van der Waals surface area contributed by atoms with Crippen molar-refractivity contribution in [3.63, 3.8) is 0 Å². The van der Waals surface area contributed by atoms with Crippen molar-refractivity contribution in [2.75, 3.05) is 23.0 Å². The number of carbonyl (C=O) groups excluding carboxylic acids is 2. The van der Waals surface area contributed by atoms with Gasteiger partial charge in [0.2, 0.25) is 0 Å². The Morgan fingerprint density at radius 3 is 1.61 bits per heavy atom. The molecule has 0 radical (unpaired) electrons. The minimum absolute atomic E-state index is 0.391. The summed E-state index contributed by atoms with van der Waals surface area (Å²) in [5.41, 5.74) is 0. The van der Waals surface area contributed by atoms with Gasteiger partial charge in [-0.2, -0.15) is 23.5 Å². The predicted molar refractivity (Wildman–Crippen MR) is 75.0 cm³/mol. The predicted octanol–water partition coefficient (Wildman–Crippen LogP) is 2.11. The van der Waals surface area contributed by atoms with E-state index in [9.17, 15) is 9.59 Å². The van der Waals surface area contributed by atoms with Crippen LogP contribution in [0.5, 0.6) is 0 Å². The largest absolute Gasteiger partial charge is 0.448 e. The van der Waals surface area contributed by atoms with Gasteiger partial charge in [-0.05, 0) is 23.0 Å². The Balaban J connectivity index is 2.34. The first-order valence-corrected chi connectivity index (χ1v) is 8.56. The van der Waals surface area contributed by atoms with E-state index in [1.54, 1.807) is 23.5 Å². The van der Waals surface area contributed by atoms with Gasteiger partial charge in [-0.3, -0.25) is 0 Å². The van der Waals surface area contributed by atoms with Crippen molar-refractivity contribution in [3.8, 4) is 0 Å². The summed E-state index contributed by atoms with van der Waals surface area (Å²) >= 11 is 3.44. The van der Waals surface area contributed by atoms with Crippen molar-refractivity contribution in [3.05, 3.63) is 0 Å². The first kappa shape index (κ1) is 15.7. The second-order valence-electron chi connectivity index (χ2n) is 3.82. The molecule has 1 fully saturated rings. The number of cyclic esters (lactones) is 2. The van der Waals surface area contributed by atoms with Gasteiger partial charge in [0.05, 0.1) is 0 Å². The second kappa shape index (κ2) is 8.69. The SMILES string of the molecule is CCSCC[C@@H]1OC(=O)[C@@H](CCSCC)OC1=O. The molecule has 0 amide bonds. The molecule has 0 aromatic carbocycles. The van der Waals surface area contributed by atoms with Gasteiger partial charge in [0.1, 0.15) is 0 Å². The molecule has 0 unspecified atom stereocenters. The lowest BCUT2D eigenvalue weighted by Gasteiger charge is -2.27. The van der Waals surface area contributed by atoms with Crippen molar-refractivity contribution < 1.29 is 19.1 Å². The number of esters is 2. The standard InChI is InChI=1S/C12H20O4S2/c1-3-17-7-5-9-11(13)16-10(12(14)15-9)6-8-18-4-2/h9-10H,3-8H2,1-2H3/t9-,10+. The Morgan fingerprint density at radius 2 is 1.28 bits per heavy atom. The van der Waals surface area contributed by atoms with Gasteiger partial charge in [-0.25, -0.2) is 9.59 Å². The van der Waals surface area contributed by atoms with Crippen LogP contribution in [0.25, 0.3) is 0 Å². The molecule has 0 bridgehead atoms. The van der Waals surface area contributed by atoms with Crippen LogP contribution in [0.15, 0.2) is 0 Å². The zero-order chi connectivity index (χ0) is 13.4. The van der Waals surface area contributed by atoms with Crippen LogP contribution in [0.4, 0.5) is 0 Å². The first-order valence-electron chi connectivity index (χ1n) is 6.25. The molecule has 0 aliphatic carbocycles. The van der Waals surface area contributed by atoms with E-state index >= 15 is 0 Å². The molecule has 104 valence electrons. The average Bonchev–Trinajstić information content (AvgIpc) is 2.35. The van der Waals surface area contributed by atoms with Gasteiger partial charge in [-0.15, -0.1) is 0 Å². The fourth-order valence-electron chi connectivity index (χ4n) is 1.55. The van der Waals surface area contributed by atoms with E-state index in [0.717, 1.165) is 23.0 Å². The number of ether oxygens (including phenoxy) is 2. The minimum atomic E-state index is -0.702. The Bertz CT molecular complexity index is 255. The summed E-state index contributed by atoms with van der Waals surface area (Å²) in [6, 6.07) is 0. The van der Waals surface area contributed by atoms with E-state index in [0.29, 0.717) is 12.8 Å². The molecule has 0 aromatic rings. The molecule has 18 heavy (non-hydrogen) atoms.